The average Bonchev–Trinajstić information content (AvgIpc) is 2.80. The Hall–Kier alpha value is -2.88. The summed E-state index contributed by atoms with van der Waals surface area (Å²) in [6.07, 6.45) is 1.99. The first-order valence-corrected chi connectivity index (χ1v) is 10.7. The molecule has 0 aliphatic carbocycles. The van der Waals surface area contributed by atoms with Crippen LogP contribution < -0.4 is 0 Å². The molecule has 0 N–H and O–H groups in total. The predicted octanol–water partition coefficient (Wildman–Crippen LogP) is 5.23. The Morgan fingerprint density at radius 1 is 0.800 bits per heavy atom. The van der Waals surface area contributed by atoms with Gasteiger partial charge in [0.2, 0.25) is 0 Å². The van der Waals surface area contributed by atoms with Gasteiger partial charge in [-0.25, -0.2) is 0 Å². The lowest BCUT2D eigenvalue weighted by Gasteiger charge is -2.35. The minimum absolute atomic E-state index is 0.0856. The number of hydrogen-bond acceptors (Lipinski definition) is 2. The molecule has 1 saturated heterocycles. The standard InChI is InChI=1S/C26H25ClN2O/c27-25-14-8-7-13-23(25)20-28-15-17-29(18-16-28)26(30)24(22-11-5-2-6-12-22)19-21-9-3-1-4-10-21/h1-14,19H,15-18,20H2/b24-19-. The van der Waals surface area contributed by atoms with Crippen molar-refractivity contribution in [3.63, 3.8) is 0 Å². The Kier molecular flexibility index (Phi) is 6.63. The molecule has 0 spiro atoms. The van der Waals surface area contributed by atoms with Crippen molar-refractivity contribution in [3.05, 3.63) is 107 Å². The normalized spacial score (nSPS) is 15.2. The molecule has 0 radical (unpaired) electrons. The van der Waals surface area contributed by atoms with Crippen molar-refractivity contribution in [1.29, 1.82) is 0 Å². The highest BCUT2D eigenvalue weighted by molar-refractivity contribution is 6.31. The van der Waals surface area contributed by atoms with Gasteiger partial charge in [-0.1, -0.05) is 90.5 Å². The van der Waals surface area contributed by atoms with Gasteiger partial charge in [0.25, 0.3) is 5.91 Å². The van der Waals surface area contributed by atoms with Gasteiger partial charge in [-0.2, -0.15) is 0 Å². The Labute approximate surface area is 183 Å². The second-order valence-corrected chi connectivity index (χ2v) is 7.90. The number of amides is 1. The van der Waals surface area contributed by atoms with Crippen molar-refractivity contribution in [2.75, 3.05) is 26.2 Å². The van der Waals surface area contributed by atoms with Crippen LogP contribution in [0.5, 0.6) is 0 Å². The van der Waals surface area contributed by atoms with Gasteiger partial charge in [0.1, 0.15) is 0 Å². The first kappa shape index (κ1) is 20.4. The highest BCUT2D eigenvalue weighted by Crippen LogP contribution is 2.23. The van der Waals surface area contributed by atoms with Crippen molar-refractivity contribution < 1.29 is 4.79 Å². The van der Waals surface area contributed by atoms with Crippen LogP contribution in [0.1, 0.15) is 16.7 Å². The third-order valence-electron chi connectivity index (χ3n) is 5.44. The van der Waals surface area contributed by atoms with Crippen LogP contribution in [0, 0.1) is 0 Å². The second-order valence-electron chi connectivity index (χ2n) is 7.49. The van der Waals surface area contributed by atoms with E-state index >= 15 is 0 Å². The van der Waals surface area contributed by atoms with Gasteiger partial charge < -0.3 is 4.90 Å². The van der Waals surface area contributed by atoms with Crippen LogP contribution in [0.15, 0.2) is 84.9 Å². The van der Waals surface area contributed by atoms with Crippen molar-refractivity contribution in [2.45, 2.75) is 6.54 Å². The largest absolute Gasteiger partial charge is 0.336 e. The second kappa shape index (κ2) is 9.75. The zero-order valence-electron chi connectivity index (χ0n) is 16.9. The molecule has 3 aromatic rings. The molecule has 0 saturated carbocycles. The summed E-state index contributed by atoms with van der Waals surface area (Å²) < 4.78 is 0. The van der Waals surface area contributed by atoms with Crippen molar-refractivity contribution in [1.82, 2.24) is 9.80 Å². The van der Waals surface area contributed by atoms with E-state index in [4.69, 9.17) is 11.6 Å². The summed E-state index contributed by atoms with van der Waals surface area (Å²) in [5.74, 6) is 0.0856. The molecule has 1 aliphatic rings. The highest BCUT2D eigenvalue weighted by atomic mass is 35.5. The van der Waals surface area contributed by atoms with Crippen molar-refractivity contribution in [2.24, 2.45) is 0 Å². The SMILES string of the molecule is O=C(/C(=C\c1ccccc1)c1ccccc1)N1CCN(Cc2ccccc2Cl)CC1. The number of rotatable bonds is 5. The molecule has 1 aliphatic heterocycles. The van der Waals surface area contributed by atoms with Crippen LogP contribution in [-0.4, -0.2) is 41.9 Å². The van der Waals surface area contributed by atoms with Crippen LogP contribution in [0.4, 0.5) is 0 Å². The third-order valence-corrected chi connectivity index (χ3v) is 5.81. The van der Waals surface area contributed by atoms with Crippen LogP contribution >= 0.6 is 11.6 Å². The molecular formula is C26H25ClN2O. The molecule has 1 fully saturated rings. The van der Waals surface area contributed by atoms with Crippen LogP contribution in [-0.2, 0) is 11.3 Å². The zero-order valence-corrected chi connectivity index (χ0v) is 17.6. The van der Waals surface area contributed by atoms with E-state index in [0.29, 0.717) is 13.1 Å². The van der Waals surface area contributed by atoms with Gasteiger partial charge in [0.05, 0.1) is 0 Å². The Bertz CT molecular complexity index is 1010. The molecule has 3 nitrogen and oxygen atoms in total. The summed E-state index contributed by atoms with van der Waals surface area (Å²) in [4.78, 5) is 17.8. The van der Waals surface area contributed by atoms with E-state index in [2.05, 4.69) is 11.0 Å². The van der Waals surface area contributed by atoms with Gasteiger partial charge in [0.15, 0.2) is 0 Å². The van der Waals surface area contributed by atoms with Crippen molar-refractivity contribution in [3.8, 4) is 0 Å². The monoisotopic (exact) mass is 416 g/mol. The fourth-order valence-electron chi connectivity index (χ4n) is 3.75. The Balaban J connectivity index is 1.48. The number of hydrogen-bond donors (Lipinski definition) is 0. The Morgan fingerprint density at radius 2 is 1.40 bits per heavy atom. The summed E-state index contributed by atoms with van der Waals surface area (Å²) >= 11 is 6.31. The van der Waals surface area contributed by atoms with E-state index in [1.54, 1.807) is 0 Å². The number of carbonyl (C=O) groups excluding carboxylic acids is 1. The Morgan fingerprint density at radius 3 is 2.07 bits per heavy atom. The quantitative estimate of drug-likeness (QED) is 0.420. The summed E-state index contributed by atoms with van der Waals surface area (Å²) in [7, 11) is 0. The maximum atomic E-state index is 13.4. The van der Waals surface area contributed by atoms with Gasteiger partial charge in [-0.3, -0.25) is 9.69 Å². The smallest absolute Gasteiger partial charge is 0.254 e. The number of nitrogens with zero attached hydrogens (tertiary/aromatic N) is 2. The summed E-state index contributed by atoms with van der Waals surface area (Å²) in [6.45, 7) is 3.91. The first-order valence-electron chi connectivity index (χ1n) is 10.3. The third kappa shape index (κ3) is 4.99. The van der Waals surface area contributed by atoms with Crippen LogP contribution in [0.25, 0.3) is 11.6 Å². The molecule has 1 amide bonds. The predicted molar refractivity (Wildman–Crippen MR) is 124 cm³/mol. The fourth-order valence-corrected chi connectivity index (χ4v) is 3.94. The van der Waals surface area contributed by atoms with E-state index in [9.17, 15) is 4.79 Å². The molecule has 1 heterocycles. The summed E-state index contributed by atoms with van der Waals surface area (Å²) in [5, 5.41) is 0.799. The minimum Gasteiger partial charge on any atom is -0.336 e. The lowest BCUT2D eigenvalue weighted by molar-refractivity contribution is -0.126. The lowest BCUT2D eigenvalue weighted by Crippen LogP contribution is -2.48. The fraction of sp³-hybridized carbons (Fsp3) is 0.192. The maximum Gasteiger partial charge on any atom is 0.254 e. The number of halogens is 1. The van der Waals surface area contributed by atoms with Crippen LogP contribution in [0.3, 0.4) is 0 Å². The van der Waals surface area contributed by atoms with E-state index in [0.717, 1.165) is 46.9 Å². The van der Waals surface area contributed by atoms with Gasteiger partial charge in [-0.15, -0.1) is 0 Å². The number of carbonyl (C=O) groups is 1. The van der Waals surface area contributed by atoms with Gasteiger partial charge in [-0.05, 0) is 28.8 Å². The molecule has 0 aromatic heterocycles. The maximum absolute atomic E-state index is 13.4. The molecule has 3 aromatic carbocycles. The molecule has 30 heavy (non-hydrogen) atoms. The molecule has 4 rings (SSSR count). The molecule has 0 atom stereocenters. The van der Waals surface area contributed by atoms with E-state index in [1.807, 2.05) is 89.8 Å². The van der Waals surface area contributed by atoms with Crippen LogP contribution in [0.2, 0.25) is 5.02 Å². The molecule has 0 bridgehead atoms. The molecule has 0 unspecified atom stereocenters. The molecule has 4 heteroatoms. The summed E-state index contributed by atoms with van der Waals surface area (Å²) in [6, 6.07) is 27.9. The molecule has 152 valence electrons. The van der Waals surface area contributed by atoms with E-state index in [-0.39, 0.29) is 5.91 Å². The number of benzene rings is 3. The van der Waals surface area contributed by atoms with Gasteiger partial charge in [0, 0.05) is 43.3 Å². The highest BCUT2D eigenvalue weighted by Gasteiger charge is 2.24. The number of piperazine rings is 1. The molecular weight excluding hydrogens is 392 g/mol. The topological polar surface area (TPSA) is 23.6 Å². The van der Waals surface area contributed by atoms with E-state index < -0.39 is 0 Å². The zero-order chi connectivity index (χ0) is 20.8. The van der Waals surface area contributed by atoms with E-state index in [1.165, 1.54) is 0 Å². The van der Waals surface area contributed by atoms with Crippen molar-refractivity contribution >= 4 is 29.2 Å². The van der Waals surface area contributed by atoms with Gasteiger partial charge >= 0.3 is 0 Å². The lowest BCUT2D eigenvalue weighted by atomic mass is 10.0. The first-order chi connectivity index (χ1) is 14.7. The minimum atomic E-state index is 0.0856. The summed E-state index contributed by atoms with van der Waals surface area (Å²) in [5.41, 5.74) is 3.85. The average molecular weight is 417 g/mol.